The first-order chi connectivity index (χ1) is 22.9. The second-order valence-electron chi connectivity index (χ2n) is 13.3. The van der Waals surface area contributed by atoms with E-state index in [9.17, 15) is 23.1 Å². The summed E-state index contributed by atoms with van der Waals surface area (Å²) in [6.45, 7) is 6.05. The maximum atomic E-state index is 14.4. The molecule has 2 amide bonds. The van der Waals surface area contributed by atoms with Crippen molar-refractivity contribution >= 4 is 27.5 Å². The number of rotatable bonds is 9. The van der Waals surface area contributed by atoms with Crippen LogP contribution in [0, 0.1) is 11.8 Å². The van der Waals surface area contributed by atoms with Crippen LogP contribution in [-0.2, 0) is 19.6 Å². The Morgan fingerprint density at radius 2 is 1.75 bits per heavy atom. The Morgan fingerprint density at radius 3 is 2.42 bits per heavy atom. The zero-order valence-electron chi connectivity index (χ0n) is 29.0. The fraction of sp³-hybridized carbons (Fsp3) is 0.611. The Kier molecular flexibility index (Phi) is 13.7. The Labute approximate surface area is 286 Å². The number of nitrogens with zero attached hydrogens (tertiary/aromatic N) is 2. The minimum absolute atomic E-state index is 0.0415. The molecule has 2 aromatic rings. The molecule has 1 heterocycles. The number of carbonyl (C=O) groups is 2. The van der Waals surface area contributed by atoms with Gasteiger partial charge < -0.3 is 29.5 Å². The molecule has 1 saturated carbocycles. The average Bonchev–Trinajstić information content (AvgIpc) is 3.09. The van der Waals surface area contributed by atoms with Crippen LogP contribution in [0.1, 0.15) is 82.5 Å². The summed E-state index contributed by atoms with van der Waals surface area (Å²) >= 11 is 0. The number of anilines is 1. The lowest BCUT2D eigenvalue weighted by Gasteiger charge is -2.35. The topological polar surface area (TPSA) is 135 Å². The molecule has 0 spiro atoms. The standard InChI is InChI=1S/C36H53N3O8S/c1-25-22-39(26(2)24-40)36(42)32-21-29(37-35(41)28-12-7-6-8-13-28)14-19-33(32)47-27(3)11-9-10-20-46-34(25)23-38(4)48(43,44)31-17-15-30(45-5)16-18-31/h14-19,21,25-28,34,40H,6-13,20,22-24H2,1-5H3,(H,37,41)/t25-,26+,27-,34+/m0/s1. The van der Waals surface area contributed by atoms with Crippen LogP contribution in [0.4, 0.5) is 5.69 Å². The van der Waals surface area contributed by atoms with E-state index in [2.05, 4.69) is 5.32 Å². The lowest BCUT2D eigenvalue weighted by atomic mass is 9.88. The molecule has 0 saturated heterocycles. The SMILES string of the molecule is COc1ccc(S(=O)(=O)N(C)C[C@H]2OCCCC[C@H](C)Oc3ccc(NC(=O)C4CCCCC4)cc3C(=O)N([C@H](C)CO)C[C@@H]2C)cc1. The molecule has 0 radical (unpaired) electrons. The van der Waals surface area contributed by atoms with Crippen LogP contribution in [0.5, 0.6) is 11.5 Å². The van der Waals surface area contributed by atoms with Gasteiger partial charge in [0.05, 0.1) is 42.4 Å². The van der Waals surface area contributed by atoms with E-state index in [1.807, 2.05) is 13.8 Å². The van der Waals surface area contributed by atoms with E-state index in [4.69, 9.17) is 14.2 Å². The molecule has 1 aliphatic carbocycles. The number of aliphatic hydroxyl groups is 1. The van der Waals surface area contributed by atoms with Gasteiger partial charge in [0.1, 0.15) is 11.5 Å². The van der Waals surface area contributed by atoms with Gasteiger partial charge in [0.25, 0.3) is 5.91 Å². The quantitative estimate of drug-likeness (QED) is 0.362. The lowest BCUT2D eigenvalue weighted by Crippen LogP contribution is -2.48. The fourth-order valence-electron chi connectivity index (χ4n) is 6.35. The molecular weight excluding hydrogens is 634 g/mol. The predicted octanol–water partition coefficient (Wildman–Crippen LogP) is 5.33. The van der Waals surface area contributed by atoms with Crippen LogP contribution in [0.25, 0.3) is 0 Å². The van der Waals surface area contributed by atoms with E-state index >= 15 is 0 Å². The number of aliphatic hydroxyl groups excluding tert-OH is 1. The highest BCUT2D eigenvalue weighted by molar-refractivity contribution is 7.89. The van der Waals surface area contributed by atoms with Crippen molar-refractivity contribution in [2.75, 3.05) is 45.8 Å². The van der Waals surface area contributed by atoms with Crippen molar-refractivity contribution in [3.05, 3.63) is 48.0 Å². The normalized spacial score (nSPS) is 22.7. The van der Waals surface area contributed by atoms with E-state index in [0.717, 1.165) is 51.4 Å². The van der Waals surface area contributed by atoms with Crippen LogP contribution in [0.2, 0.25) is 0 Å². The molecule has 266 valence electrons. The molecule has 11 nitrogen and oxygen atoms in total. The van der Waals surface area contributed by atoms with Gasteiger partial charge in [0.15, 0.2) is 0 Å². The average molecular weight is 688 g/mol. The third-order valence-corrected chi connectivity index (χ3v) is 11.3. The summed E-state index contributed by atoms with van der Waals surface area (Å²) in [5.41, 5.74) is 0.816. The summed E-state index contributed by atoms with van der Waals surface area (Å²) in [5, 5.41) is 13.3. The Morgan fingerprint density at radius 1 is 1.06 bits per heavy atom. The molecule has 1 fully saturated rings. The van der Waals surface area contributed by atoms with Gasteiger partial charge in [-0.1, -0.05) is 26.2 Å². The fourth-order valence-corrected chi connectivity index (χ4v) is 7.53. The third kappa shape index (κ3) is 9.71. The van der Waals surface area contributed by atoms with Gasteiger partial charge in [-0.25, -0.2) is 8.42 Å². The summed E-state index contributed by atoms with van der Waals surface area (Å²) in [6, 6.07) is 10.9. The highest BCUT2D eigenvalue weighted by Gasteiger charge is 2.33. The number of sulfonamides is 1. The summed E-state index contributed by atoms with van der Waals surface area (Å²) in [7, 11) is -0.788. The maximum Gasteiger partial charge on any atom is 0.258 e. The van der Waals surface area contributed by atoms with Gasteiger partial charge in [-0.3, -0.25) is 9.59 Å². The van der Waals surface area contributed by atoms with Crippen molar-refractivity contribution in [1.82, 2.24) is 9.21 Å². The second-order valence-corrected chi connectivity index (χ2v) is 15.3. The van der Waals surface area contributed by atoms with E-state index in [1.54, 1.807) is 42.2 Å². The first-order valence-electron chi connectivity index (χ1n) is 17.2. The largest absolute Gasteiger partial charge is 0.497 e. The summed E-state index contributed by atoms with van der Waals surface area (Å²) in [4.78, 5) is 29.2. The first kappa shape index (κ1) is 37.6. The number of likely N-dealkylation sites (N-methyl/N-ethyl adjacent to an activating group) is 1. The van der Waals surface area contributed by atoms with Gasteiger partial charge >= 0.3 is 0 Å². The molecule has 0 aromatic heterocycles. The van der Waals surface area contributed by atoms with Gasteiger partial charge in [0, 0.05) is 44.3 Å². The Bertz CT molecular complexity index is 1460. The third-order valence-electron chi connectivity index (χ3n) is 9.50. The molecule has 2 aromatic carbocycles. The van der Waals surface area contributed by atoms with E-state index < -0.39 is 22.2 Å². The molecule has 0 unspecified atom stereocenters. The number of hydrogen-bond donors (Lipinski definition) is 2. The molecule has 48 heavy (non-hydrogen) atoms. The van der Waals surface area contributed by atoms with Crippen LogP contribution < -0.4 is 14.8 Å². The highest BCUT2D eigenvalue weighted by Crippen LogP contribution is 2.30. The number of ether oxygens (including phenoxy) is 3. The Balaban J connectivity index is 1.62. The molecule has 2 N–H and O–H groups in total. The van der Waals surface area contributed by atoms with Crippen molar-refractivity contribution in [2.24, 2.45) is 11.8 Å². The van der Waals surface area contributed by atoms with Crippen molar-refractivity contribution in [2.45, 2.75) is 95.3 Å². The Hall–Kier alpha value is -3.19. The highest BCUT2D eigenvalue weighted by atomic mass is 32.2. The molecule has 0 bridgehead atoms. The van der Waals surface area contributed by atoms with Crippen LogP contribution in [-0.4, -0.2) is 93.3 Å². The van der Waals surface area contributed by atoms with Gasteiger partial charge in [-0.2, -0.15) is 4.31 Å². The lowest BCUT2D eigenvalue weighted by molar-refractivity contribution is -0.120. The second kappa shape index (κ2) is 17.5. The van der Waals surface area contributed by atoms with Crippen molar-refractivity contribution in [1.29, 1.82) is 0 Å². The predicted molar refractivity (Wildman–Crippen MR) is 185 cm³/mol. The monoisotopic (exact) mass is 687 g/mol. The minimum atomic E-state index is -3.84. The molecular formula is C36H53N3O8S. The van der Waals surface area contributed by atoms with E-state index in [1.165, 1.54) is 30.6 Å². The van der Waals surface area contributed by atoms with Gasteiger partial charge in [-0.05, 0) is 88.4 Å². The number of carbonyl (C=O) groups excluding carboxylic acids is 2. The number of fused-ring (bicyclic) bond motifs is 1. The van der Waals surface area contributed by atoms with Crippen molar-refractivity contribution in [3.63, 3.8) is 0 Å². The summed E-state index contributed by atoms with van der Waals surface area (Å²) < 4.78 is 46.1. The number of hydrogen-bond acceptors (Lipinski definition) is 8. The van der Waals surface area contributed by atoms with Crippen LogP contribution in [0.3, 0.4) is 0 Å². The minimum Gasteiger partial charge on any atom is -0.497 e. The van der Waals surface area contributed by atoms with Crippen molar-refractivity contribution in [3.8, 4) is 11.5 Å². The van der Waals surface area contributed by atoms with Gasteiger partial charge in [-0.15, -0.1) is 0 Å². The smallest absolute Gasteiger partial charge is 0.258 e. The number of methoxy groups -OCH3 is 1. The van der Waals surface area contributed by atoms with E-state index in [0.29, 0.717) is 29.4 Å². The first-order valence-corrected chi connectivity index (χ1v) is 18.6. The molecule has 1 aliphatic heterocycles. The number of amides is 2. The zero-order valence-corrected chi connectivity index (χ0v) is 29.8. The molecule has 4 atom stereocenters. The number of benzene rings is 2. The van der Waals surface area contributed by atoms with Crippen molar-refractivity contribution < 1.29 is 37.3 Å². The molecule has 4 rings (SSSR count). The zero-order chi connectivity index (χ0) is 34.8. The molecule has 12 heteroatoms. The summed E-state index contributed by atoms with van der Waals surface area (Å²) in [5.74, 6) is 0.227. The molecule has 2 aliphatic rings. The van der Waals surface area contributed by atoms with Gasteiger partial charge in [0.2, 0.25) is 15.9 Å². The maximum absolute atomic E-state index is 14.4. The van der Waals surface area contributed by atoms with Crippen LogP contribution >= 0.6 is 0 Å². The van der Waals surface area contributed by atoms with Crippen LogP contribution in [0.15, 0.2) is 47.4 Å². The summed E-state index contributed by atoms with van der Waals surface area (Å²) in [6.07, 6.45) is 6.48. The van der Waals surface area contributed by atoms with E-state index in [-0.39, 0.29) is 54.3 Å². The number of nitrogens with one attached hydrogen (secondary N) is 1.